The van der Waals surface area contributed by atoms with Crippen molar-refractivity contribution in [1.29, 1.82) is 0 Å². The van der Waals surface area contributed by atoms with Crippen LogP contribution in [-0.4, -0.2) is 46.7 Å². The average molecular weight is 297 g/mol. The van der Waals surface area contributed by atoms with Gasteiger partial charge in [-0.05, 0) is 45.4 Å². The van der Waals surface area contributed by atoms with Gasteiger partial charge >= 0.3 is 5.97 Å². The first-order valence-corrected chi connectivity index (χ1v) is 8.18. The van der Waals surface area contributed by atoms with E-state index in [0.29, 0.717) is 31.9 Å². The Kier molecular flexibility index (Phi) is 5.62. The summed E-state index contributed by atoms with van der Waals surface area (Å²) < 4.78 is 5.98. The predicted molar refractivity (Wildman–Crippen MR) is 79.0 cm³/mol. The lowest BCUT2D eigenvalue weighted by molar-refractivity contribution is -0.144. The maximum Gasteiger partial charge on any atom is 0.306 e. The largest absolute Gasteiger partial charge is 0.481 e. The van der Waals surface area contributed by atoms with Gasteiger partial charge < -0.3 is 14.7 Å². The molecule has 5 nitrogen and oxygen atoms in total. The zero-order chi connectivity index (χ0) is 15.4. The van der Waals surface area contributed by atoms with Gasteiger partial charge in [-0.1, -0.05) is 6.92 Å². The van der Waals surface area contributed by atoms with Gasteiger partial charge in [0.05, 0.1) is 24.7 Å². The zero-order valence-corrected chi connectivity index (χ0v) is 13.1. The van der Waals surface area contributed by atoms with E-state index in [4.69, 9.17) is 9.84 Å². The summed E-state index contributed by atoms with van der Waals surface area (Å²) in [4.78, 5) is 24.9. The zero-order valence-electron chi connectivity index (χ0n) is 13.1. The van der Waals surface area contributed by atoms with Crippen LogP contribution < -0.4 is 0 Å². The second-order valence-corrected chi connectivity index (χ2v) is 6.38. The summed E-state index contributed by atoms with van der Waals surface area (Å²) in [5.74, 6) is -0.671. The molecule has 1 heterocycles. The van der Waals surface area contributed by atoms with Gasteiger partial charge in [-0.2, -0.15) is 0 Å². The van der Waals surface area contributed by atoms with E-state index in [9.17, 15) is 9.59 Å². The summed E-state index contributed by atoms with van der Waals surface area (Å²) in [6, 6.07) is 0.512. The van der Waals surface area contributed by atoms with Gasteiger partial charge in [0.1, 0.15) is 0 Å². The smallest absolute Gasteiger partial charge is 0.306 e. The SMILES string of the molecule is CCC(=O)N1[C@H](COC2CCC(C(=O)O)CC2)CC[C@@H]1C. The van der Waals surface area contributed by atoms with Crippen molar-refractivity contribution >= 4 is 11.9 Å². The van der Waals surface area contributed by atoms with E-state index in [1.807, 2.05) is 11.8 Å². The van der Waals surface area contributed by atoms with Crippen LogP contribution in [0.3, 0.4) is 0 Å². The van der Waals surface area contributed by atoms with Crippen molar-refractivity contribution in [3.63, 3.8) is 0 Å². The minimum atomic E-state index is -0.683. The van der Waals surface area contributed by atoms with E-state index >= 15 is 0 Å². The molecule has 1 N–H and O–H groups in total. The molecule has 0 aromatic rings. The van der Waals surface area contributed by atoms with Crippen molar-refractivity contribution in [2.75, 3.05) is 6.61 Å². The second-order valence-electron chi connectivity index (χ2n) is 6.38. The first-order chi connectivity index (χ1) is 10.0. The van der Waals surface area contributed by atoms with Crippen molar-refractivity contribution < 1.29 is 19.4 Å². The Balaban J connectivity index is 1.78. The fraction of sp³-hybridized carbons (Fsp3) is 0.875. The second kappa shape index (κ2) is 7.25. The molecule has 120 valence electrons. The Bertz CT molecular complexity index is 376. The maximum atomic E-state index is 12.0. The minimum absolute atomic E-state index is 0.162. The molecule has 2 aliphatic rings. The fourth-order valence-electron chi connectivity index (χ4n) is 3.59. The van der Waals surface area contributed by atoms with E-state index in [2.05, 4.69) is 6.92 Å². The van der Waals surface area contributed by atoms with E-state index in [-0.39, 0.29) is 24.0 Å². The Morgan fingerprint density at radius 3 is 2.38 bits per heavy atom. The predicted octanol–water partition coefficient (Wildman–Crippen LogP) is 2.44. The summed E-state index contributed by atoms with van der Waals surface area (Å²) in [7, 11) is 0. The molecule has 0 bridgehead atoms. The highest BCUT2D eigenvalue weighted by Gasteiger charge is 2.34. The van der Waals surface area contributed by atoms with Crippen LogP contribution >= 0.6 is 0 Å². The van der Waals surface area contributed by atoms with E-state index < -0.39 is 5.97 Å². The quantitative estimate of drug-likeness (QED) is 0.846. The molecule has 0 unspecified atom stereocenters. The Hall–Kier alpha value is -1.10. The minimum Gasteiger partial charge on any atom is -0.481 e. The third-order valence-corrected chi connectivity index (χ3v) is 4.92. The highest BCUT2D eigenvalue weighted by atomic mass is 16.5. The van der Waals surface area contributed by atoms with Crippen LogP contribution in [-0.2, 0) is 14.3 Å². The molecular formula is C16H27NO4. The molecule has 1 aliphatic carbocycles. The number of likely N-dealkylation sites (tertiary alicyclic amines) is 1. The summed E-state index contributed by atoms with van der Waals surface area (Å²) in [6.07, 6.45) is 5.82. The van der Waals surface area contributed by atoms with Gasteiger partial charge in [0.15, 0.2) is 0 Å². The number of hydrogen-bond donors (Lipinski definition) is 1. The molecular weight excluding hydrogens is 270 g/mol. The van der Waals surface area contributed by atoms with Gasteiger partial charge in [-0.15, -0.1) is 0 Å². The third kappa shape index (κ3) is 3.96. The highest BCUT2D eigenvalue weighted by Crippen LogP contribution is 2.29. The molecule has 2 rings (SSSR count). The van der Waals surface area contributed by atoms with E-state index in [1.54, 1.807) is 0 Å². The number of ether oxygens (including phenoxy) is 1. The summed E-state index contributed by atoms with van der Waals surface area (Å²) in [5.41, 5.74) is 0. The number of carboxylic acids is 1. The summed E-state index contributed by atoms with van der Waals surface area (Å²) in [5, 5.41) is 8.99. The van der Waals surface area contributed by atoms with Crippen LogP contribution in [0.25, 0.3) is 0 Å². The summed E-state index contributed by atoms with van der Waals surface area (Å²) in [6.45, 7) is 4.60. The topological polar surface area (TPSA) is 66.8 Å². The molecule has 0 spiro atoms. The lowest BCUT2D eigenvalue weighted by atomic mass is 9.87. The molecule has 2 atom stereocenters. The molecule has 0 aromatic heterocycles. The molecule has 1 amide bonds. The monoisotopic (exact) mass is 297 g/mol. The number of hydrogen-bond acceptors (Lipinski definition) is 3. The van der Waals surface area contributed by atoms with Gasteiger partial charge in [0, 0.05) is 12.5 Å². The normalized spacial score (nSPS) is 33.1. The number of nitrogens with zero attached hydrogens (tertiary/aromatic N) is 1. The molecule has 21 heavy (non-hydrogen) atoms. The van der Waals surface area contributed by atoms with Crippen molar-refractivity contribution in [2.45, 2.75) is 77.0 Å². The summed E-state index contributed by atoms with van der Waals surface area (Å²) >= 11 is 0. The van der Waals surface area contributed by atoms with Crippen molar-refractivity contribution in [2.24, 2.45) is 5.92 Å². The van der Waals surface area contributed by atoms with E-state index in [1.165, 1.54) is 0 Å². The molecule has 5 heteroatoms. The van der Waals surface area contributed by atoms with Gasteiger partial charge in [-0.25, -0.2) is 0 Å². The van der Waals surface area contributed by atoms with Crippen LogP contribution in [0.5, 0.6) is 0 Å². The molecule has 0 radical (unpaired) electrons. The van der Waals surface area contributed by atoms with Crippen LogP contribution in [0.1, 0.15) is 58.8 Å². The molecule has 1 aliphatic heterocycles. The first-order valence-electron chi connectivity index (χ1n) is 8.18. The lowest BCUT2D eigenvalue weighted by Gasteiger charge is -2.31. The first kappa shape index (κ1) is 16.3. The van der Waals surface area contributed by atoms with Crippen molar-refractivity contribution in [1.82, 2.24) is 4.90 Å². The Morgan fingerprint density at radius 2 is 1.81 bits per heavy atom. The van der Waals surface area contributed by atoms with Gasteiger partial charge in [0.25, 0.3) is 0 Å². The Morgan fingerprint density at radius 1 is 1.14 bits per heavy atom. The number of aliphatic carboxylic acids is 1. The fourth-order valence-corrected chi connectivity index (χ4v) is 3.59. The number of rotatable bonds is 5. The average Bonchev–Trinajstić information content (AvgIpc) is 2.85. The van der Waals surface area contributed by atoms with Crippen LogP contribution in [0.15, 0.2) is 0 Å². The standard InChI is InChI=1S/C16H27NO4/c1-3-15(18)17-11(2)4-7-13(17)10-21-14-8-5-12(6-9-14)16(19)20/h11-14H,3-10H2,1-2H3,(H,19,20)/t11-,12?,13-,14?/m0/s1. The maximum absolute atomic E-state index is 12.0. The number of carboxylic acid groups (broad SMARTS) is 1. The van der Waals surface area contributed by atoms with Crippen molar-refractivity contribution in [3.8, 4) is 0 Å². The van der Waals surface area contributed by atoms with Crippen LogP contribution in [0.2, 0.25) is 0 Å². The Labute approximate surface area is 126 Å². The van der Waals surface area contributed by atoms with Gasteiger partial charge in [-0.3, -0.25) is 9.59 Å². The van der Waals surface area contributed by atoms with Gasteiger partial charge in [0.2, 0.25) is 5.91 Å². The van der Waals surface area contributed by atoms with Crippen molar-refractivity contribution in [3.05, 3.63) is 0 Å². The number of amides is 1. The molecule has 1 saturated carbocycles. The number of carbonyl (C=O) groups is 2. The van der Waals surface area contributed by atoms with Crippen LogP contribution in [0, 0.1) is 5.92 Å². The lowest BCUT2D eigenvalue weighted by Crippen LogP contribution is -2.42. The molecule has 1 saturated heterocycles. The molecule has 2 fully saturated rings. The molecule has 0 aromatic carbocycles. The number of carbonyl (C=O) groups excluding carboxylic acids is 1. The van der Waals surface area contributed by atoms with E-state index in [0.717, 1.165) is 25.7 Å². The third-order valence-electron chi connectivity index (χ3n) is 4.92. The van der Waals surface area contributed by atoms with Crippen LogP contribution in [0.4, 0.5) is 0 Å². The highest BCUT2D eigenvalue weighted by molar-refractivity contribution is 5.76.